The van der Waals surface area contributed by atoms with Crippen LogP contribution >= 0.6 is 11.3 Å². The van der Waals surface area contributed by atoms with Gasteiger partial charge in [0.2, 0.25) is 5.91 Å². The SMILES string of the molecule is CC(c1ccc(F)cc1)N(C)C(=O)C1CCN(C(=O)c2cccs2)CC1. The lowest BCUT2D eigenvalue weighted by Gasteiger charge is -2.35. The maximum absolute atomic E-state index is 13.1. The number of hydrogen-bond donors (Lipinski definition) is 0. The molecule has 0 N–H and O–H groups in total. The summed E-state index contributed by atoms with van der Waals surface area (Å²) >= 11 is 1.45. The number of carbonyl (C=O) groups excluding carboxylic acids is 2. The van der Waals surface area contributed by atoms with E-state index >= 15 is 0 Å². The number of rotatable bonds is 4. The highest BCUT2D eigenvalue weighted by atomic mass is 32.1. The minimum atomic E-state index is -0.280. The van der Waals surface area contributed by atoms with E-state index in [1.165, 1.54) is 23.5 Å². The molecule has 0 spiro atoms. The molecule has 26 heavy (non-hydrogen) atoms. The van der Waals surface area contributed by atoms with Crippen molar-refractivity contribution in [2.75, 3.05) is 20.1 Å². The van der Waals surface area contributed by atoms with Crippen LogP contribution in [0.1, 0.15) is 41.0 Å². The van der Waals surface area contributed by atoms with Gasteiger partial charge in [0.05, 0.1) is 10.9 Å². The lowest BCUT2D eigenvalue weighted by molar-refractivity contribution is -0.137. The van der Waals surface area contributed by atoms with E-state index in [9.17, 15) is 14.0 Å². The molecule has 3 rings (SSSR count). The summed E-state index contributed by atoms with van der Waals surface area (Å²) in [5, 5.41) is 1.90. The predicted molar refractivity (Wildman–Crippen MR) is 101 cm³/mol. The number of likely N-dealkylation sites (tertiary alicyclic amines) is 1. The van der Waals surface area contributed by atoms with Crippen LogP contribution in [-0.2, 0) is 4.79 Å². The minimum Gasteiger partial charge on any atom is -0.339 e. The third kappa shape index (κ3) is 3.96. The smallest absolute Gasteiger partial charge is 0.263 e. The molecule has 6 heteroatoms. The molecule has 2 heterocycles. The predicted octanol–water partition coefficient (Wildman–Crippen LogP) is 3.96. The maximum Gasteiger partial charge on any atom is 0.263 e. The number of halogens is 1. The van der Waals surface area contributed by atoms with Gasteiger partial charge in [-0.25, -0.2) is 4.39 Å². The van der Waals surface area contributed by atoms with Gasteiger partial charge in [0.1, 0.15) is 5.82 Å². The largest absolute Gasteiger partial charge is 0.339 e. The number of piperidine rings is 1. The van der Waals surface area contributed by atoms with Gasteiger partial charge in [-0.05, 0) is 48.9 Å². The monoisotopic (exact) mass is 374 g/mol. The molecular weight excluding hydrogens is 351 g/mol. The number of nitrogens with zero attached hydrogens (tertiary/aromatic N) is 2. The summed E-state index contributed by atoms with van der Waals surface area (Å²) in [6.07, 6.45) is 1.35. The topological polar surface area (TPSA) is 40.6 Å². The Morgan fingerprint density at radius 3 is 2.42 bits per heavy atom. The van der Waals surface area contributed by atoms with E-state index in [1.807, 2.05) is 29.3 Å². The zero-order chi connectivity index (χ0) is 18.7. The molecular formula is C20H23FN2O2S. The van der Waals surface area contributed by atoms with Gasteiger partial charge in [0.15, 0.2) is 0 Å². The van der Waals surface area contributed by atoms with Crippen molar-refractivity contribution < 1.29 is 14.0 Å². The average Bonchev–Trinajstić information content (AvgIpc) is 3.21. The molecule has 1 aliphatic heterocycles. The zero-order valence-electron chi connectivity index (χ0n) is 15.0. The first kappa shape index (κ1) is 18.6. The van der Waals surface area contributed by atoms with Crippen LogP contribution in [0, 0.1) is 11.7 Å². The Morgan fingerprint density at radius 1 is 1.19 bits per heavy atom. The van der Waals surface area contributed by atoms with Crippen LogP contribution in [0.15, 0.2) is 41.8 Å². The van der Waals surface area contributed by atoms with E-state index in [-0.39, 0.29) is 29.6 Å². The van der Waals surface area contributed by atoms with E-state index in [1.54, 1.807) is 24.1 Å². The molecule has 2 aromatic rings. The van der Waals surface area contributed by atoms with Crippen molar-refractivity contribution in [2.45, 2.75) is 25.8 Å². The first-order valence-corrected chi connectivity index (χ1v) is 9.70. The van der Waals surface area contributed by atoms with Gasteiger partial charge in [0, 0.05) is 26.1 Å². The molecule has 1 fully saturated rings. The van der Waals surface area contributed by atoms with Gasteiger partial charge in [0.25, 0.3) is 5.91 Å². The summed E-state index contributed by atoms with van der Waals surface area (Å²) in [5.41, 5.74) is 0.910. The average molecular weight is 374 g/mol. The summed E-state index contributed by atoms with van der Waals surface area (Å²) in [6, 6.07) is 9.85. The van der Waals surface area contributed by atoms with E-state index in [0.717, 1.165) is 10.4 Å². The van der Waals surface area contributed by atoms with Crippen molar-refractivity contribution in [2.24, 2.45) is 5.92 Å². The molecule has 0 saturated carbocycles. The molecule has 4 nitrogen and oxygen atoms in total. The highest BCUT2D eigenvalue weighted by Crippen LogP contribution is 2.26. The molecule has 1 aromatic heterocycles. The molecule has 1 saturated heterocycles. The lowest BCUT2D eigenvalue weighted by Crippen LogP contribution is -2.43. The normalized spacial score (nSPS) is 16.3. The van der Waals surface area contributed by atoms with Crippen LogP contribution in [0.5, 0.6) is 0 Å². The van der Waals surface area contributed by atoms with Gasteiger partial charge >= 0.3 is 0 Å². The van der Waals surface area contributed by atoms with Gasteiger partial charge in [-0.2, -0.15) is 0 Å². The molecule has 1 aromatic carbocycles. The van der Waals surface area contributed by atoms with Gasteiger partial charge in [-0.3, -0.25) is 9.59 Å². The van der Waals surface area contributed by atoms with Crippen LogP contribution in [-0.4, -0.2) is 41.8 Å². The molecule has 1 aliphatic rings. The van der Waals surface area contributed by atoms with Crippen LogP contribution in [0.2, 0.25) is 0 Å². The Kier molecular flexibility index (Phi) is 5.71. The summed E-state index contributed by atoms with van der Waals surface area (Å²) in [6.45, 7) is 3.15. The van der Waals surface area contributed by atoms with Crippen molar-refractivity contribution >= 4 is 23.2 Å². The highest BCUT2D eigenvalue weighted by molar-refractivity contribution is 7.12. The van der Waals surface area contributed by atoms with E-state index in [0.29, 0.717) is 25.9 Å². The summed E-state index contributed by atoms with van der Waals surface area (Å²) < 4.78 is 13.1. The van der Waals surface area contributed by atoms with Crippen LogP contribution in [0.3, 0.4) is 0 Å². The Balaban J connectivity index is 1.57. The highest BCUT2D eigenvalue weighted by Gasteiger charge is 2.31. The molecule has 2 amide bonds. The van der Waals surface area contributed by atoms with Crippen LogP contribution in [0.25, 0.3) is 0 Å². The number of hydrogen-bond acceptors (Lipinski definition) is 3. The second-order valence-electron chi connectivity index (χ2n) is 6.72. The molecule has 0 bridgehead atoms. The van der Waals surface area contributed by atoms with Crippen molar-refractivity contribution in [3.63, 3.8) is 0 Å². The number of carbonyl (C=O) groups is 2. The van der Waals surface area contributed by atoms with Crippen molar-refractivity contribution in [3.8, 4) is 0 Å². The van der Waals surface area contributed by atoms with E-state index in [2.05, 4.69) is 0 Å². The van der Waals surface area contributed by atoms with Crippen LogP contribution < -0.4 is 0 Å². The fourth-order valence-electron chi connectivity index (χ4n) is 3.33. The van der Waals surface area contributed by atoms with E-state index in [4.69, 9.17) is 0 Å². The maximum atomic E-state index is 13.1. The van der Waals surface area contributed by atoms with Crippen molar-refractivity contribution in [1.82, 2.24) is 9.80 Å². The molecule has 0 radical (unpaired) electrons. The number of benzene rings is 1. The summed E-state index contributed by atoms with van der Waals surface area (Å²) in [5.74, 6) is -0.211. The zero-order valence-corrected chi connectivity index (χ0v) is 15.8. The fraction of sp³-hybridized carbons (Fsp3) is 0.400. The third-order valence-electron chi connectivity index (χ3n) is 5.14. The Hall–Kier alpha value is -2.21. The van der Waals surface area contributed by atoms with Crippen LogP contribution in [0.4, 0.5) is 4.39 Å². The molecule has 138 valence electrons. The Morgan fingerprint density at radius 2 is 1.85 bits per heavy atom. The Bertz CT molecular complexity index is 753. The second kappa shape index (κ2) is 7.99. The third-order valence-corrected chi connectivity index (χ3v) is 6.00. The lowest BCUT2D eigenvalue weighted by atomic mass is 9.94. The number of amides is 2. The first-order chi connectivity index (χ1) is 12.5. The summed E-state index contributed by atoms with van der Waals surface area (Å²) in [7, 11) is 1.79. The van der Waals surface area contributed by atoms with Gasteiger partial charge in [-0.15, -0.1) is 11.3 Å². The molecule has 1 unspecified atom stereocenters. The number of thiophene rings is 1. The molecule has 1 atom stereocenters. The Labute approximate surface area is 157 Å². The van der Waals surface area contributed by atoms with E-state index < -0.39 is 0 Å². The molecule has 0 aliphatic carbocycles. The van der Waals surface area contributed by atoms with Crippen molar-refractivity contribution in [1.29, 1.82) is 0 Å². The quantitative estimate of drug-likeness (QED) is 0.813. The minimum absolute atomic E-state index is 0.0546. The standard InChI is InChI=1S/C20H23FN2O2S/c1-14(15-5-7-17(21)8-6-15)22(2)19(24)16-9-11-23(12-10-16)20(25)18-4-3-13-26-18/h3-8,13-14,16H,9-12H2,1-2H3. The first-order valence-electron chi connectivity index (χ1n) is 8.82. The second-order valence-corrected chi connectivity index (χ2v) is 7.67. The van der Waals surface area contributed by atoms with Gasteiger partial charge < -0.3 is 9.80 Å². The fourth-order valence-corrected chi connectivity index (χ4v) is 4.02. The van der Waals surface area contributed by atoms with Crippen molar-refractivity contribution in [3.05, 3.63) is 58.0 Å². The summed E-state index contributed by atoms with van der Waals surface area (Å²) in [4.78, 5) is 29.5. The van der Waals surface area contributed by atoms with Gasteiger partial charge in [-0.1, -0.05) is 18.2 Å².